The Morgan fingerprint density at radius 1 is 1.26 bits per heavy atom. The van der Waals surface area contributed by atoms with Gasteiger partial charge in [0.2, 0.25) is 0 Å². The third-order valence-electron chi connectivity index (χ3n) is 2.39. The topological polar surface area (TPSA) is 93.4 Å². The van der Waals surface area contributed by atoms with Crippen LogP contribution in [0.2, 0.25) is 0 Å². The van der Waals surface area contributed by atoms with Crippen molar-refractivity contribution in [2.75, 3.05) is 26.7 Å². The van der Waals surface area contributed by atoms with Gasteiger partial charge in [-0.1, -0.05) is 12.1 Å². The smallest absolute Gasteiger partial charge is 0.255 e. The molecule has 6 nitrogen and oxygen atoms in total. The van der Waals surface area contributed by atoms with Gasteiger partial charge in [0, 0.05) is 6.54 Å². The van der Waals surface area contributed by atoms with E-state index in [-0.39, 0.29) is 12.5 Å². The standard InChI is InChI=1S/C13H19N3O3/c1-15-7-4-8-16-13(18)10-5-2-3-6-11(10)19-9-12(14)17/h2-3,5-6,15H,4,7-9H2,1H3,(H2,14,17)(H,16,18). The lowest BCUT2D eigenvalue weighted by Crippen LogP contribution is -2.27. The second-order valence-corrected chi connectivity index (χ2v) is 3.96. The summed E-state index contributed by atoms with van der Waals surface area (Å²) in [5.74, 6) is -0.451. The number of hydrogen-bond donors (Lipinski definition) is 3. The first-order chi connectivity index (χ1) is 9.15. The van der Waals surface area contributed by atoms with Crippen molar-refractivity contribution in [2.45, 2.75) is 6.42 Å². The fourth-order valence-electron chi connectivity index (χ4n) is 1.49. The van der Waals surface area contributed by atoms with E-state index in [4.69, 9.17) is 10.5 Å². The number of ether oxygens (including phenoxy) is 1. The van der Waals surface area contributed by atoms with E-state index in [1.165, 1.54) is 0 Å². The normalized spacial score (nSPS) is 9.95. The van der Waals surface area contributed by atoms with Crippen molar-refractivity contribution in [2.24, 2.45) is 5.73 Å². The van der Waals surface area contributed by atoms with Crippen LogP contribution in [-0.2, 0) is 4.79 Å². The molecule has 0 aliphatic rings. The Balaban J connectivity index is 2.60. The monoisotopic (exact) mass is 265 g/mol. The van der Waals surface area contributed by atoms with E-state index >= 15 is 0 Å². The molecule has 4 N–H and O–H groups in total. The first kappa shape index (κ1) is 15.0. The molecular formula is C13H19N3O3. The van der Waals surface area contributed by atoms with Gasteiger partial charge in [-0.15, -0.1) is 0 Å². The third kappa shape index (κ3) is 5.39. The molecule has 0 saturated carbocycles. The summed E-state index contributed by atoms with van der Waals surface area (Å²) in [5, 5.41) is 5.78. The first-order valence-corrected chi connectivity index (χ1v) is 6.08. The van der Waals surface area contributed by atoms with E-state index in [0.717, 1.165) is 13.0 Å². The molecule has 1 rings (SSSR count). The molecule has 0 aliphatic carbocycles. The van der Waals surface area contributed by atoms with Gasteiger partial charge in [-0.2, -0.15) is 0 Å². The lowest BCUT2D eigenvalue weighted by Gasteiger charge is -2.10. The Bertz CT molecular complexity index is 435. The van der Waals surface area contributed by atoms with Crippen LogP contribution >= 0.6 is 0 Å². The second kappa shape index (κ2) is 8.10. The molecule has 0 aliphatic heterocycles. The third-order valence-corrected chi connectivity index (χ3v) is 2.39. The van der Waals surface area contributed by atoms with Crippen LogP contribution in [0.3, 0.4) is 0 Å². The minimum atomic E-state index is -0.579. The Labute approximate surface area is 112 Å². The molecule has 0 bridgehead atoms. The van der Waals surface area contributed by atoms with Gasteiger partial charge in [-0.05, 0) is 32.1 Å². The lowest BCUT2D eigenvalue weighted by atomic mass is 10.2. The largest absolute Gasteiger partial charge is 0.483 e. The molecule has 0 radical (unpaired) electrons. The number of carbonyl (C=O) groups is 2. The number of para-hydroxylation sites is 1. The van der Waals surface area contributed by atoms with Crippen LogP contribution in [0.25, 0.3) is 0 Å². The van der Waals surface area contributed by atoms with Gasteiger partial charge in [0.1, 0.15) is 5.75 Å². The number of rotatable bonds is 8. The summed E-state index contributed by atoms with van der Waals surface area (Å²) in [6.45, 7) is 1.16. The van der Waals surface area contributed by atoms with Crippen LogP contribution in [0.4, 0.5) is 0 Å². The number of nitrogens with one attached hydrogen (secondary N) is 2. The Morgan fingerprint density at radius 3 is 2.68 bits per heavy atom. The second-order valence-electron chi connectivity index (χ2n) is 3.96. The molecule has 19 heavy (non-hydrogen) atoms. The predicted molar refractivity (Wildman–Crippen MR) is 72.0 cm³/mol. The van der Waals surface area contributed by atoms with Crippen LogP contribution in [0.5, 0.6) is 5.75 Å². The molecule has 0 atom stereocenters. The number of amides is 2. The molecule has 104 valence electrons. The van der Waals surface area contributed by atoms with Crippen molar-refractivity contribution >= 4 is 11.8 Å². The highest BCUT2D eigenvalue weighted by molar-refractivity contribution is 5.97. The molecule has 0 aromatic heterocycles. The highest BCUT2D eigenvalue weighted by Crippen LogP contribution is 2.17. The summed E-state index contributed by atoms with van der Waals surface area (Å²) in [6.07, 6.45) is 0.840. The molecule has 0 unspecified atom stereocenters. The summed E-state index contributed by atoms with van der Waals surface area (Å²) < 4.78 is 5.20. The first-order valence-electron chi connectivity index (χ1n) is 6.08. The van der Waals surface area contributed by atoms with Crippen molar-refractivity contribution in [3.63, 3.8) is 0 Å². The zero-order chi connectivity index (χ0) is 14.1. The highest BCUT2D eigenvalue weighted by Gasteiger charge is 2.11. The van der Waals surface area contributed by atoms with Gasteiger partial charge in [-0.3, -0.25) is 9.59 Å². The van der Waals surface area contributed by atoms with Crippen molar-refractivity contribution in [1.29, 1.82) is 0 Å². The molecule has 0 fully saturated rings. The van der Waals surface area contributed by atoms with Crippen molar-refractivity contribution in [3.8, 4) is 5.75 Å². The van der Waals surface area contributed by atoms with Gasteiger partial charge in [0.05, 0.1) is 5.56 Å². The molecule has 6 heteroatoms. The van der Waals surface area contributed by atoms with Gasteiger partial charge in [-0.25, -0.2) is 0 Å². The van der Waals surface area contributed by atoms with Crippen molar-refractivity contribution in [1.82, 2.24) is 10.6 Å². The summed E-state index contributed by atoms with van der Waals surface area (Å²) in [4.78, 5) is 22.6. The van der Waals surface area contributed by atoms with E-state index < -0.39 is 5.91 Å². The van der Waals surface area contributed by atoms with Gasteiger partial charge in [0.15, 0.2) is 6.61 Å². The summed E-state index contributed by atoms with van der Waals surface area (Å²) in [7, 11) is 1.86. The zero-order valence-corrected chi connectivity index (χ0v) is 10.9. The fourth-order valence-corrected chi connectivity index (χ4v) is 1.49. The van der Waals surface area contributed by atoms with E-state index in [2.05, 4.69) is 10.6 Å². The minimum Gasteiger partial charge on any atom is -0.483 e. The van der Waals surface area contributed by atoms with E-state index in [9.17, 15) is 9.59 Å². The minimum absolute atomic E-state index is 0.226. The van der Waals surface area contributed by atoms with E-state index in [1.54, 1.807) is 24.3 Å². The SMILES string of the molecule is CNCCCNC(=O)c1ccccc1OCC(N)=O. The Morgan fingerprint density at radius 2 is 2.00 bits per heavy atom. The van der Waals surface area contributed by atoms with Crippen LogP contribution in [-0.4, -0.2) is 38.6 Å². The van der Waals surface area contributed by atoms with E-state index in [1.807, 2.05) is 7.05 Å². The maximum atomic E-state index is 11.9. The average molecular weight is 265 g/mol. The van der Waals surface area contributed by atoms with Crippen LogP contribution < -0.4 is 21.1 Å². The summed E-state index contributed by atoms with van der Waals surface area (Å²) >= 11 is 0. The van der Waals surface area contributed by atoms with Crippen LogP contribution in [0, 0.1) is 0 Å². The molecule has 1 aromatic rings. The number of carbonyl (C=O) groups excluding carboxylic acids is 2. The zero-order valence-electron chi connectivity index (χ0n) is 10.9. The van der Waals surface area contributed by atoms with Gasteiger partial charge >= 0.3 is 0 Å². The van der Waals surface area contributed by atoms with Crippen molar-refractivity contribution < 1.29 is 14.3 Å². The highest BCUT2D eigenvalue weighted by atomic mass is 16.5. The summed E-state index contributed by atoms with van der Waals surface area (Å²) in [6, 6.07) is 6.74. The van der Waals surface area contributed by atoms with Crippen molar-refractivity contribution in [3.05, 3.63) is 29.8 Å². The van der Waals surface area contributed by atoms with E-state index in [0.29, 0.717) is 17.9 Å². The Kier molecular flexibility index (Phi) is 6.38. The molecule has 0 heterocycles. The number of primary amides is 1. The van der Waals surface area contributed by atoms with Gasteiger partial charge < -0.3 is 21.1 Å². The average Bonchev–Trinajstić information content (AvgIpc) is 2.41. The summed E-state index contributed by atoms with van der Waals surface area (Å²) in [5.41, 5.74) is 5.41. The Hall–Kier alpha value is -2.08. The van der Waals surface area contributed by atoms with Crippen LogP contribution in [0.15, 0.2) is 24.3 Å². The maximum Gasteiger partial charge on any atom is 0.255 e. The number of nitrogens with two attached hydrogens (primary N) is 1. The molecule has 0 saturated heterocycles. The molecular weight excluding hydrogens is 246 g/mol. The lowest BCUT2D eigenvalue weighted by molar-refractivity contribution is -0.119. The molecule has 0 spiro atoms. The predicted octanol–water partition coefficient (Wildman–Crippen LogP) is -0.110. The molecule has 2 amide bonds. The number of benzene rings is 1. The number of hydrogen-bond acceptors (Lipinski definition) is 4. The van der Waals surface area contributed by atoms with Gasteiger partial charge in [0.25, 0.3) is 11.8 Å². The molecule has 1 aromatic carbocycles. The quantitative estimate of drug-likeness (QED) is 0.572. The van der Waals surface area contributed by atoms with Crippen LogP contribution in [0.1, 0.15) is 16.8 Å². The fraction of sp³-hybridized carbons (Fsp3) is 0.385. The maximum absolute atomic E-state index is 11.9.